The maximum absolute atomic E-state index is 4.44. The van der Waals surface area contributed by atoms with Gasteiger partial charge in [-0.25, -0.2) is 0 Å². The number of nitrogens with one attached hydrogen (secondary N) is 2. The molecule has 108 valence electrons. The van der Waals surface area contributed by atoms with Crippen LogP contribution in [-0.2, 0) is 6.42 Å². The van der Waals surface area contributed by atoms with Gasteiger partial charge in [0.1, 0.15) is 0 Å². The van der Waals surface area contributed by atoms with E-state index in [1.807, 2.05) is 36.8 Å². The Labute approximate surface area is 128 Å². The first-order chi connectivity index (χ1) is 10.9. The van der Waals surface area contributed by atoms with E-state index >= 15 is 0 Å². The SMILES string of the molecule is c1cnc2c(NCCc3c[nH]c4ccccc34)cncc2c1. The molecular formula is C18H16N4. The zero-order valence-electron chi connectivity index (χ0n) is 12.1. The van der Waals surface area contributed by atoms with Gasteiger partial charge in [-0.2, -0.15) is 0 Å². The van der Waals surface area contributed by atoms with Crippen LogP contribution in [0.15, 0.2) is 61.2 Å². The molecule has 0 saturated heterocycles. The van der Waals surface area contributed by atoms with Crippen LogP contribution in [-0.4, -0.2) is 21.5 Å². The predicted molar refractivity (Wildman–Crippen MR) is 90.0 cm³/mol. The second kappa shape index (κ2) is 5.48. The average molecular weight is 288 g/mol. The number of pyridine rings is 2. The monoisotopic (exact) mass is 288 g/mol. The zero-order valence-corrected chi connectivity index (χ0v) is 12.1. The highest BCUT2D eigenvalue weighted by molar-refractivity contribution is 5.89. The molecule has 0 bridgehead atoms. The molecule has 0 saturated carbocycles. The summed E-state index contributed by atoms with van der Waals surface area (Å²) in [5.74, 6) is 0. The summed E-state index contributed by atoms with van der Waals surface area (Å²) in [4.78, 5) is 12.0. The summed E-state index contributed by atoms with van der Waals surface area (Å²) in [5.41, 5.74) is 4.46. The van der Waals surface area contributed by atoms with Crippen molar-refractivity contribution in [2.75, 3.05) is 11.9 Å². The van der Waals surface area contributed by atoms with Crippen molar-refractivity contribution in [3.8, 4) is 0 Å². The van der Waals surface area contributed by atoms with Crippen LogP contribution < -0.4 is 5.32 Å². The molecule has 0 unspecified atom stereocenters. The van der Waals surface area contributed by atoms with Gasteiger partial charge in [0.15, 0.2) is 0 Å². The maximum Gasteiger partial charge on any atom is 0.0964 e. The van der Waals surface area contributed by atoms with Crippen LogP contribution in [0.3, 0.4) is 0 Å². The molecule has 4 aromatic rings. The molecule has 0 radical (unpaired) electrons. The summed E-state index contributed by atoms with van der Waals surface area (Å²) >= 11 is 0. The minimum atomic E-state index is 0.846. The summed E-state index contributed by atoms with van der Waals surface area (Å²) < 4.78 is 0. The molecule has 0 aliphatic heterocycles. The van der Waals surface area contributed by atoms with Crippen LogP contribution in [0.1, 0.15) is 5.56 Å². The molecule has 0 fully saturated rings. The molecule has 4 heteroatoms. The number of nitrogens with zero attached hydrogens (tertiary/aromatic N) is 2. The summed E-state index contributed by atoms with van der Waals surface area (Å²) in [6.45, 7) is 0.846. The van der Waals surface area contributed by atoms with Crippen LogP contribution in [0.5, 0.6) is 0 Å². The van der Waals surface area contributed by atoms with Crippen molar-refractivity contribution < 1.29 is 0 Å². The number of aromatic amines is 1. The van der Waals surface area contributed by atoms with E-state index < -0.39 is 0 Å². The summed E-state index contributed by atoms with van der Waals surface area (Å²) in [6.07, 6.45) is 8.53. The Morgan fingerprint density at radius 1 is 1.05 bits per heavy atom. The van der Waals surface area contributed by atoms with Crippen molar-refractivity contribution in [1.29, 1.82) is 0 Å². The first-order valence-corrected chi connectivity index (χ1v) is 7.39. The Morgan fingerprint density at radius 2 is 2.00 bits per heavy atom. The van der Waals surface area contributed by atoms with E-state index in [2.05, 4.69) is 44.7 Å². The Bertz CT molecular complexity index is 921. The van der Waals surface area contributed by atoms with E-state index in [9.17, 15) is 0 Å². The van der Waals surface area contributed by atoms with Gasteiger partial charge < -0.3 is 10.3 Å². The quantitative estimate of drug-likeness (QED) is 0.601. The average Bonchev–Trinajstić information content (AvgIpc) is 2.99. The minimum Gasteiger partial charge on any atom is -0.382 e. The Hall–Kier alpha value is -2.88. The van der Waals surface area contributed by atoms with E-state index in [0.717, 1.165) is 29.6 Å². The molecule has 3 aromatic heterocycles. The summed E-state index contributed by atoms with van der Waals surface area (Å²) in [5, 5.41) is 5.80. The number of para-hydroxylation sites is 1. The number of rotatable bonds is 4. The number of fused-ring (bicyclic) bond motifs is 2. The van der Waals surface area contributed by atoms with Crippen LogP contribution in [0.4, 0.5) is 5.69 Å². The standard InChI is InChI=1S/C18H16N4/c1-2-6-16-15(5-1)13(11-22-16)7-9-20-17-12-19-10-14-4-3-8-21-18(14)17/h1-6,8,10-12,20,22H,7,9H2. The second-order valence-electron chi connectivity index (χ2n) is 5.30. The van der Waals surface area contributed by atoms with Crippen LogP contribution in [0.25, 0.3) is 21.8 Å². The summed E-state index contributed by atoms with van der Waals surface area (Å²) in [7, 11) is 0. The van der Waals surface area contributed by atoms with Gasteiger partial charge in [0, 0.05) is 41.4 Å². The van der Waals surface area contributed by atoms with Crippen molar-refractivity contribution >= 4 is 27.5 Å². The van der Waals surface area contributed by atoms with E-state index in [1.165, 1.54) is 16.5 Å². The molecular weight excluding hydrogens is 272 g/mol. The normalized spacial score (nSPS) is 11.1. The molecule has 4 rings (SSSR count). The lowest BCUT2D eigenvalue weighted by Crippen LogP contribution is -2.05. The lowest BCUT2D eigenvalue weighted by molar-refractivity contribution is 1.03. The zero-order chi connectivity index (χ0) is 14.8. The Morgan fingerprint density at radius 3 is 3.00 bits per heavy atom. The molecule has 22 heavy (non-hydrogen) atoms. The first-order valence-electron chi connectivity index (χ1n) is 7.39. The Kier molecular flexibility index (Phi) is 3.20. The highest BCUT2D eigenvalue weighted by Gasteiger charge is 2.04. The number of benzene rings is 1. The van der Waals surface area contributed by atoms with Gasteiger partial charge in [0.05, 0.1) is 17.4 Å². The van der Waals surface area contributed by atoms with Crippen molar-refractivity contribution in [3.05, 3.63) is 66.7 Å². The van der Waals surface area contributed by atoms with E-state index in [0.29, 0.717) is 0 Å². The van der Waals surface area contributed by atoms with Gasteiger partial charge in [-0.1, -0.05) is 18.2 Å². The van der Waals surface area contributed by atoms with Crippen LogP contribution in [0.2, 0.25) is 0 Å². The molecule has 0 atom stereocenters. The van der Waals surface area contributed by atoms with Crippen LogP contribution in [0, 0.1) is 0 Å². The molecule has 0 spiro atoms. The van der Waals surface area contributed by atoms with Gasteiger partial charge >= 0.3 is 0 Å². The number of hydrogen-bond donors (Lipinski definition) is 2. The van der Waals surface area contributed by atoms with E-state index in [1.54, 1.807) is 0 Å². The lowest BCUT2D eigenvalue weighted by Gasteiger charge is -2.08. The molecule has 1 aromatic carbocycles. The number of aromatic nitrogens is 3. The topological polar surface area (TPSA) is 53.6 Å². The van der Waals surface area contributed by atoms with Gasteiger partial charge in [-0.3, -0.25) is 9.97 Å². The molecule has 4 nitrogen and oxygen atoms in total. The maximum atomic E-state index is 4.44. The number of hydrogen-bond acceptors (Lipinski definition) is 3. The molecule has 2 N–H and O–H groups in total. The molecule has 0 amide bonds. The van der Waals surface area contributed by atoms with Crippen LogP contribution >= 0.6 is 0 Å². The van der Waals surface area contributed by atoms with Crippen molar-refractivity contribution in [3.63, 3.8) is 0 Å². The van der Waals surface area contributed by atoms with Gasteiger partial charge in [-0.05, 0) is 30.2 Å². The second-order valence-corrected chi connectivity index (χ2v) is 5.30. The third kappa shape index (κ3) is 2.29. The third-order valence-electron chi connectivity index (χ3n) is 3.90. The molecule has 0 aliphatic carbocycles. The fourth-order valence-corrected chi connectivity index (χ4v) is 2.80. The van der Waals surface area contributed by atoms with E-state index in [4.69, 9.17) is 0 Å². The third-order valence-corrected chi connectivity index (χ3v) is 3.90. The van der Waals surface area contributed by atoms with Crippen molar-refractivity contribution in [2.45, 2.75) is 6.42 Å². The van der Waals surface area contributed by atoms with E-state index in [-0.39, 0.29) is 0 Å². The summed E-state index contributed by atoms with van der Waals surface area (Å²) in [6, 6.07) is 12.3. The van der Waals surface area contributed by atoms with Gasteiger partial charge in [0.2, 0.25) is 0 Å². The van der Waals surface area contributed by atoms with Gasteiger partial charge in [-0.15, -0.1) is 0 Å². The number of anilines is 1. The van der Waals surface area contributed by atoms with Crippen molar-refractivity contribution in [1.82, 2.24) is 15.0 Å². The van der Waals surface area contributed by atoms with Crippen molar-refractivity contribution in [2.24, 2.45) is 0 Å². The Balaban J connectivity index is 1.53. The fourth-order valence-electron chi connectivity index (χ4n) is 2.80. The minimum absolute atomic E-state index is 0.846. The number of H-pyrrole nitrogens is 1. The largest absolute Gasteiger partial charge is 0.382 e. The smallest absolute Gasteiger partial charge is 0.0964 e. The lowest BCUT2D eigenvalue weighted by atomic mass is 10.1. The fraction of sp³-hybridized carbons (Fsp3) is 0.111. The first kappa shape index (κ1) is 12.8. The molecule has 0 aliphatic rings. The van der Waals surface area contributed by atoms with Gasteiger partial charge in [0.25, 0.3) is 0 Å². The predicted octanol–water partition coefficient (Wildman–Crippen LogP) is 3.77. The molecule has 3 heterocycles. The highest BCUT2D eigenvalue weighted by Crippen LogP contribution is 2.20. The highest BCUT2D eigenvalue weighted by atomic mass is 14.9.